The van der Waals surface area contributed by atoms with E-state index in [1.807, 2.05) is 63.3 Å². The Labute approximate surface area is 133 Å². The van der Waals surface area contributed by atoms with Crippen molar-refractivity contribution in [3.63, 3.8) is 0 Å². The lowest BCUT2D eigenvalue weighted by Crippen LogP contribution is -2.39. The van der Waals surface area contributed by atoms with Crippen LogP contribution in [0.1, 0.15) is 39.2 Å². The van der Waals surface area contributed by atoms with Gasteiger partial charge >= 0.3 is 6.09 Å². The first-order valence-corrected chi connectivity index (χ1v) is 7.71. The van der Waals surface area contributed by atoms with Crippen LogP contribution in [0.4, 0.5) is 4.79 Å². The van der Waals surface area contributed by atoms with Crippen LogP contribution in [0, 0.1) is 0 Å². The van der Waals surface area contributed by atoms with Gasteiger partial charge < -0.3 is 15.2 Å². The normalized spacial score (nSPS) is 13.1. The number of allylic oxidation sites excluding steroid dienone is 1. The summed E-state index contributed by atoms with van der Waals surface area (Å²) < 4.78 is 5.31. The molecule has 1 rings (SSSR count). The Hall–Kier alpha value is -1.81. The summed E-state index contributed by atoms with van der Waals surface area (Å²) >= 11 is 0. The smallest absolute Gasteiger partial charge is 0.408 e. The number of nitrogens with one attached hydrogen (secondary N) is 1. The van der Waals surface area contributed by atoms with Crippen LogP contribution in [0.5, 0.6) is 0 Å². The van der Waals surface area contributed by atoms with Gasteiger partial charge in [0, 0.05) is 6.61 Å². The fourth-order valence-corrected chi connectivity index (χ4v) is 1.96. The fourth-order valence-electron chi connectivity index (χ4n) is 1.96. The third-order valence-corrected chi connectivity index (χ3v) is 2.90. The largest absolute Gasteiger partial charge is 0.444 e. The number of aliphatic hydroxyl groups excluding tert-OH is 1. The van der Waals surface area contributed by atoms with Crippen LogP contribution < -0.4 is 5.32 Å². The maximum absolute atomic E-state index is 11.9. The second-order valence-electron chi connectivity index (χ2n) is 6.24. The van der Waals surface area contributed by atoms with E-state index in [0.29, 0.717) is 6.42 Å². The molecule has 0 saturated carbocycles. The quantitative estimate of drug-likeness (QED) is 0.599. The van der Waals surface area contributed by atoms with E-state index in [1.165, 1.54) is 0 Å². The Kier molecular flexibility index (Phi) is 7.67. The Morgan fingerprint density at radius 1 is 1.32 bits per heavy atom. The molecule has 122 valence electrons. The molecule has 1 amide bonds. The summed E-state index contributed by atoms with van der Waals surface area (Å²) in [6.07, 6.45) is 5.75. The average Bonchev–Trinajstić information content (AvgIpc) is 2.42. The number of rotatable bonds is 7. The van der Waals surface area contributed by atoms with E-state index in [2.05, 4.69) is 5.32 Å². The molecule has 0 fully saturated rings. The maximum Gasteiger partial charge on any atom is 0.408 e. The second-order valence-corrected chi connectivity index (χ2v) is 6.24. The summed E-state index contributed by atoms with van der Waals surface area (Å²) in [4.78, 5) is 11.9. The van der Waals surface area contributed by atoms with Crippen molar-refractivity contribution in [1.82, 2.24) is 5.32 Å². The van der Waals surface area contributed by atoms with Crippen molar-refractivity contribution in [3.05, 3.63) is 48.0 Å². The first kappa shape index (κ1) is 18.2. The Morgan fingerprint density at radius 3 is 2.59 bits per heavy atom. The molecule has 0 heterocycles. The highest BCUT2D eigenvalue weighted by molar-refractivity contribution is 5.68. The number of hydrogen-bond acceptors (Lipinski definition) is 3. The van der Waals surface area contributed by atoms with Crippen LogP contribution in [0.2, 0.25) is 0 Å². The molecule has 1 unspecified atom stereocenters. The molecule has 0 aliphatic carbocycles. The number of carbonyl (C=O) groups is 1. The van der Waals surface area contributed by atoms with Gasteiger partial charge in [-0.25, -0.2) is 4.79 Å². The standard InChI is InChI=1S/C18H27NO3/c1-18(2,3)22-17(21)19-16(12-8-5-9-13-20)14-15-10-6-4-7-11-15/h4,6-8,10-12,16,20H,5,9,13-14H2,1-3H3,(H,19,21)/b12-8-. The summed E-state index contributed by atoms with van der Waals surface area (Å²) in [5, 5.41) is 11.7. The predicted molar refractivity (Wildman–Crippen MR) is 88.8 cm³/mol. The molecular weight excluding hydrogens is 278 g/mol. The van der Waals surface area contributed by atoms with Gasteiger partial charge in [0.1, 0.15) is 5.60 Å². The Balaban J connectivity index is 2.65. The van der Waals surface area contributed by atoms with Crippen molar-refractivity contribution < 1.29 is 14.6 Å². The van der Waals surface area contributed by atoms with Crippen LogP contribution >= 0.6 is 0 Å². The molecule has 2 N–H and O–H groups in total. The van der Waals surface area contributed by atoms with Gasteiger partial charge in [-0.1, -0.05) is 42.5 Å². The van der Waals surface area contributed by atoms with E-state index in [0.717, 1.165) is 18.4 Å². The molecule has 1 aromatic rings. The first-order valence-electron chi connectivity index (χ1n) is 7.71. The van der Waals surface area contributed by atoms with Gasteiger partial charge in [0.25, 0.3) is 0 Å². The van der Waals surface area contributed by atoms with E-state index < -0.39 is 11.7 Å². The van der Waals surface area contributed by atoms with Crippen LogP contribution in [0.25, 0.3) is 0 Å². The molecule has 0 spiro atoms. The number of amides is 1. The minimum atomic E-state index is -0.512. The molecule has 0 radical (unpaired) electrons. The first-order chi connectivity index (χ1) is 10.4. The van der Waals surface area contributed by atoms with Crippen molar-refractivity contribution in [1.29, 1.82) is 0 Å². The topological polar surface area (TPSA) is 58.6 Å². The van der Waals surface area contributed by atoms with Gasteiger partial charge in [-0.3, -0.25) is 0 Å². The number of benzene rings is 1. The van der Waals surface area contributed by atoms with E-state index >= 15 is 0 Å². The summed E-state index contributed by atoms with van der Waals surface area (Å²) in [5.41, 5.74) is 0.637. The van der Waals surface area contributed by atoms with Gasteiger partial charge in [0.15, 0.2) is 0 Å². The van der Waals surface area contributed by atoms with E-state index in [1.54, 1.807) is 0 Å². The van der Waals surface area contributed by atoms with Gasteiger partial charge in [-0.2, -0.15) is 0 Å². The zero-order valence-electron chi connectivity index (χ0n) is 13.7. The summed E-state index contributed by atoms with van der Waals surface area (Å²) in [6.45, 7) is 5.70. The average molecular weight is 305 g/mol. The van der Waals surface area contributed by atoms with Gasteiger partial charge in [-0.15, -0.1) is 0 Å². The van der Waals surface area contributed by atoms with E-state index in [9.17, 15) is 4.79 Å². The summed E-state index contributed by atoms with van der Waals surface area (Å²) in [6, 6.07) is 9.87. The Morgan fingerprint density at radius 2 is 2.00 bits per heavy atom. The molecule has 4 heteroatoms. The molecule has 1 aromatic carbocycles. The van der Waals surface area contributed by atoms with Crippen molar-refractivity contribution in [3.8, 4) is 0 Å². The van der Waals surface area contributed by atoms with Crippen LogP contribution in [-0.4, -0.2) is 29.4 Å². The highest BCUT2D eigenvalue weighted by atomic mass is 16.6. The molecule has 4 nitrogen and oxygen atoms in total. The molecule has 0 aromatic heterocycles. The minimum Gasteiger partial charge on any atom is -0.444 e. The van der Waals surface area contributed by atoms with Gasteiger partial charge in [0.05, 0.1) is 6.04 Å². The van der Waals surface area contributed by atoms with Crippen LogP contribution in [0.3, 0.4) is 0 Å². The molecule has 0 saturated heterocycles. The van der Waals surface area contributed by atoms with Gasteiger partial charge in [-0.05, 0) is 45.6 Å². The maximum atomic E-state index is 11.9. The number of unbranched alkanes of at least 4 members (excludes halogenated alkanes) is 1. The highest BCUT2D eigenvalue weighted by Crippen LogP contribution is 2.09. The second kappa shape index (κ2) is 9.26. The lowest BCUT2D eigenvalue weighted by Gasteiger charge is -2.22. The van der Waals surface area contributed by atoms with Crippen molar-refractivity contribution in [2.75, 3.05) is 6.61 Å². The van der Waals surface area contributed by atoms with Gasteiger partial charge in [0.2, 0.25) is 0 Å². The minimum absolute atomic E-state index is 0.129. The third kappa shape index (κ3) is 8.47. The molecule has 0 aliphatic heterocycles. The fraction of sp³-hybridized carbons (Fsp3) is 0.500. The number of ether oxygens (including phenoxy) is 1. The molecular formula is C18H27NO3. The monoisotopic (exact) mass is 305 g/mol. The lowest BCUT2D eigenvalue weighted by molar-refractivity contribution is 0.0514. The van der Waals surface area contributed by atoms with Crippen molar-refractivity contribution >= 4 is 6.09 Å². The van der Waals surface area contributed by atoms with Crippen LogP contribution in [0.15, 0.2) is 42.5 Å². The zero-order valence-corrected chi connectivity index (χ0v) is 13.7. The van der Waals surface area contributed by atoms with Crippen molar-refractivity contribution in [2.45, 2.75) is 51.7 Å². The molecule has 22 heavy (non-hydrogen) atoms. The number of hydrogen-bond donors (Lipinski definition) is 2. The third-order valence-electron chi connectivity index (χ3n) is 2.90. The van der Waals surface area contributed by atoms with E-state index in [-0.39, 0.29) is 12.6 Å². The number of aliphatic hydroxyl groups is 1. The highest BCUT2D eigenvalue weighted by Gasteiger charge is 2.18. The lowest BCUT2D eigenvalue weighted by atomic mass is 10.1. The predicted octanol–water partition coefficient (Wildman–Crippen LogP) is 3.45. The molecule has 0 bridgehead atoms. The SMILES string of the molecule is CC(C)(C)OC(=O)NC(/C=C\CCCO)Cc1ccccc1. The number of alkyl carbamates (subject to hydrolysis) is 1. The van der Waals surface area contributed by atoms with E-state index in [4.69, 9.17) is 9.84 Å². The summed E-state index contributed by atoms with van der Waals surface area (Å²) in [5.74, 6) is 0. The summed E-state index contributed by atoms with van der Waals surface area (Å²) in [7, 11) is 0. The zero-order chi connectivity index (χ0) is 16.4. The van der Waals surface area contributed by atoms with Crippen LogP contribution in [-0.2, 0) is 11.2 Å². The molecule has 1 atom stereocenters. The Bertz CT molecular complexity index is 463. The van der Waals surface area contributed by atoms with Crippen molar-refractivity contribution in [2.24, 2.45) is 0 Å². The molecule has 0 aliphatic rings. The number of carbonyl (C=O) groups excluding carboxylic acids is 1.